The Labute approximate surface area is 155 Å². The third-order valence-electron chi connectivity index (χ3n) is 4.20. The van der Waals surface area contributed by atoms with Gasteiger partial charge >= 0.3 is 12.3 Å². The standard InChI is InChI=1S/C16H21F4N3O2.ClH/c1-10(21)12-3-2-6-23(8-12)14(24)11-4-5-13(22-7-11)25-9-16(19,20)15(17)18;/h4-5,7,10,12,15H,2-3,6,8-9,21H2,1H3;1H. The molecule has 1 amide bonds. The van der Waals surface area contributed by atoms with Crippen LogP contribution in [0.5, 0.6) is 5.88 Å². The molecule has 10 heteroatoms. The van der Waals surface area contributed by atoms with Crippen molar-refractivity contribution < 1.29 is 27.1 Å². The maximum absolute atomic E-state index is 12.8. The van der Waals surface area contributed by atoms with Gasteiger partial charge in [0.2, 0.25) is 5.88 Å². The van der Waals surface area contributed by atoms with Crippen LogP contribution in [0.15, 0.2) is 18.3 Å². The van der Waals surface area contributed by atoms with Gasteiger partial charge in [0.15, 0.2) is 6.61 Å². The monoisotopic (exact) mass is 399 g/mol. The predicted molar refractivity (Wildman–Crippen MR) is 90.2 cm³/mol. The number of ether oxygens (including phenoxy) is 1. The van der Waals surface area contributed by atoms with Crippen LogP contribution in [0.3, 0.4) is 0 Å². The van der Waals surface area contributed by atoms with Crippen LogP contribution in [-0.2, 0) is 0 Å². The summed E-state index contributed by atoms with van der Waals surface area (Å²) in [5, 5.41) is 0. The van der Waals surface area contributed by atoms with E-state index in [1.807, 2.05) is 6.92 Å². The summed E-state index contributed by atoms with van der Waals surface area (Å²) in [6.07, 6.45) is -0.807. The van der Waals surface area contributed by atoms with Crippen LogP contribution >= 0.6 is 12.4 Å². The van der Waals surface area contributed by atoms with Crippen molar-refractivity contribution in [3.63, 3.8) is 0 Å². The van der Waals surface area contributed by atoms with Gasteiger partial charge in [-0.1, -0.05) is 0 Å². The Balaban J connectivity index is 0.00000338. The van der Waals surface area contributed by atoms with E-state index < -0.39 is 19.0 Å². The number of hydrogen-bond acceptors (Lipinski definition) is 4. The van der Waals surface area contributed by atoms with E-state index in [0.717, 1.165) is 12.8 Å². The highest BCUT2D eigenvalue weighted by Gasteiger charge is 2.41. The molecule has 1 fully saturated rings. The van der Waals surface area contributed by atoms with Gasteiger partial charge in [0.25, 0.3) is 5.91 Å². The van der Waals surface area contributed by atoms with Gasteiger partial charge in [0, 0.05) is 31.4 Å². The number of pyridine rings is 1. The summed E-state index contributed by atoms with van der Waals surface area (Å²) in [6, 6.07) is 2.57. The molecule has 1 aliphatic heterocycles. The highest BCUT2D eigenvalue weighted by molar-refractivity contribution is 5.94. The molecule has 1 aromatic heterocycles. The lowest BCUT2D eigenvalue weighted by Gasteiger charge is -2.34. The van der Waals surface area contributed by atoms with E-state index in [9.17, 15) is 22.4 Å². The Kier molecular flexibility index (Phi) is 8.08. The molecule has 0 aromatic carbocycles. The number of alkyl halides is 4. The summed E-state index contributed by atoms with van der Waals surface area (Å²) in [6.45, 7) is 1.59. The molecule has 148 valence electrons. The Bertz CT molecular complexity index is 587. The van der Waals surface area contributed by atoms with Crippen LogP contribution in [0.25, 0.3) is 0 Å². The van der Waals surface area contributed by atoms with E-state index in [-0.39, 0.29) is 41.7 Å². The van der Waals surface area contributed by atoms with Crippen molar-refractivity contribution in [1.82, 2.24) is 9.88 Å². The molecule has 26 heavy (non-hydrogen) atoms. The minimum Gasteiger partial charge on any atom is -0.471 e. The van der Waals surface area contributed by atoms with Crippen LogP contribution in [0.2, 0.25) is 0 Å². The number of carbonyl (C=O) groups excluding carboxylic acids is 1. The van der Waals surface area contributed by atoms with Gasteiger partial charge in [-0.05, 0) is 31.7 Å². The number of nitrogens with two attached hydrogens (primary N) is 1. The number of aromatic nitrogens is 1. The average molecular weight is 400 g/mol. The van der Waals surface area contributed by atoms with Crippen molar-refractivity contribution in [3.8, 4) is 5.88 Å². The minimum absolute atomic E-state index is 0. The number of likely N-dealkylation sites (tertiary alicyclic amines) is 1. The third kappa shape index (κ3) is 5.70. The molecule has 2 rings (SSSR count). The highest BCUT2D eigenvalue weighted by Crippen LogP contribution is 2.24. The fourth-order valence-corrected chi connectivity index (χ4v) is 2.63. The number of amides is 1. The second-order valence-corrected chi connectivity index (χ2v) is 6.25. The van der Waals surface area contributed by atoms with Gasteiger partial charge < -0.3 is 15.4 Å². The lowest BCUT2D eigenvalue weighted by molar-refractivity contribution is -0.148. The first kappa shape index (κ1) is 22.4. The van der Waals surface area contributed by atoms with E-state index >= 15 is 0 Å². The van der Waals surface area contributed by atoms with E-state index in [1.54, 1.807) is 4.90 Å². The summed E-state index contributed by atoms with van der Waals surface area (Å²) in [5.74, 6) is -4.51. The summed E-state index contributed by atoms with van der Waals surface area (Å²) >= 11 is 0. The second kappa shape index (κ2) is 9.36. The molecule has 0 aliphatic carbocycles. The van der Waals surface area contributed by atoms with Crippen molar-refractivity contribution in [2.45, 2.75) is 38.2 Å². The lowest BCUT2D eigenvalue weighted by atomic mass is 9.92. The normalized spacial score (nSPS) is 19.0. The maximum Gasteiger partial charge on any atom is 0.340 e. The molecule has 2 N–H and O–H groups in total. The average Bonchev–Trinajstić information content (AvgIpc) is 2.60. The van der Waals surface area contributed by atoms with E-state index in [4.69, 9.17) is 5.73 Å². The summed E-state index contributed by atoms with van der Waals surface area (Å²) in [5.41, 5.74) is 6.17. The second-order valence-electron chi connectivity index (χ2n) is 6.25. The molecule has 2 unspecified atom stereocenters. The molecule has 0 bridgehead atoms. The van der Waals surface area contributed by atoms with E-state index in [0.29, 0.717) is 13.1 Å². The zero-order valence-electron chi connectivity index (χ0n) is 14.2. The van der Waals surface area contributed by atoms with Crippen LogP contribution in [0, 0.1) is 5.92 Å². The zero-order chi connectivity index (χ0) is 18.6. The minimum atomic E-state index is -4.25. The molecule has 2 atom stereocenters. The topological polar surface area (TPSA) is 68.5 Å². The molecule has 5 nitrogen and oxygen atoms in total. The van der Waals surface area contributed by atoms with Crippen LogP contribution < -0.4 is 10.5 Å². The van der Waals surface area contributed by atoms with Crippen molar-refractivity contribution in [1.29, 1.82) is 0 Å². The van der Waals surface area contributed by atoms with Gasteiger partial charge in [-0.15, -0.1) is 12.4 Å². The summed E-state index contributed by atoms with van der Waals surface area (Å²) < 4.78 is 54.3. The van der Waals surface area contributed by atoms with Gasteiger partial charge in [-0.2, -0.15) is 8.78 Å². The Morgan fingerprint density at radius 1 is 1.46 bits per heavy atom. The predicted octanol–water partition coefficient (Wildman–Crippen LogP) is 2.98. The molecule has 0 radical (unpaired) electrons. The highest BCUT2D eigenvalue weighted by atomic mass is 35.5. The molecule has 1 aromatic rings. The molecule has 1 saturated heterocycles. The number of rotatable bonds is 6. The largest absolute Gasteiger partial charge is 0.471 e. The lowest BCUT2D eigenvalue weighted by Crippen LogP contribution is -2.45. The van der Waals surface area contributed by atoms with E-state index in [1.165, 1.54) is 18.3 Å². The first-order valence-electron chi connectivity index (χ1n) is 8.00. The van der Waals surface area contributed by atoms with E-state index in [2.05, 4.69) is 9.72 Å². The molecular weight excluding hydrogens is 378 g/mol. The number of nitrogens with zero attached hydrogens (tertiary/aromatic N) is 2. The Hall–Kier alpha value is -1.61. The van der Waals surface area contributed by atoms with Crippen molar-refractivity contribution in [3.05, 3.63) is 23.9 Å². The maximum atomic E-state index is 12.8. The smallest absolute Gasteiger partial charge is 0.340 e. The third-order valence-corrected chi connectivity index (χ3v) is 4.20. The first-order chi connectivity index (χ1) is 11.7. The SMILES string of the molecule is CC(N)C1CCCN(C(=O)c2ccc(OCC(F)(F)C(F)F)nc2)C1.Cl. The van der Waals surface area contributed by atoms with Gasteiger partial charge in [-0.25, -0.2) is 13.8 Å². The number of halogens is 5. The van der Waals surface area contributed by atoms with Crippen LogP contribution in [0.4, 0.5) is 17.6 Å². The fraction of sp³-hybridized carbons (Fsp3) is 0.625. The first-order valence-corrected chi connectivity index (χ1v) is 8.00. The quantitative estimate of drug-likeness (QED) is 0.747. The van der Waals surface area contributed by atoms with Gasteiger partial charge in [0.1, 0.15) is 0 Å². The molecular formula is C16H22ClF4N3O2. The van der Waals surface area contributed by atoms with Crippen LogP contribution in [-0.4, -0.2) is 53.9 Å². The number of carbonyl (C=O) groups is 1. The van der Waals surface area contributed by atoms with Crippen LogP contribution in [0.1, 0.15) is 30.1 Å². The Morgan fingerprint density at radius 3 is 2.69 bits per heavy atom. The van der Waals surface area contributed by atoms with Crippen molar-refractivity contribution >= 4 is 18.3 Å². The summed E-state index contributed by atoms with van der Waals surface area (Å²) in [7, 11) is 0. The fourth-order valence-electron chi connectivity index (χ4n) is 2.63. The number of hydrogen-bond donors (Lipinski definition) is 1. The number of piperidine rings is 1. The molecule has 1 aliphatic rings. The zero-order valence-corrected chi connectivity index (χ0v) is 15.0. The van der Waals surface area contributed by atoms with Gasteiger partial charge in [-0.3, -0.25) is 4.79 Å². The van der Waals surface area contributed by atoms with Crippen molar-refractivity contribution in [2.24, 2.45) is 11.7 Å². The molecule has 2 heterocycles. The summed E-state index contributed by atoms with van der Waals surface area (Å²) in [4.78, 5) is 17.9. The Morgan fingerprint density at radius 2 is 2.15 bits per heavy atom. The van der Waals surface area contributed by atoms with Gasteiger partial charge in [0.05, 0.1) is 5.56 Å². The molecule has 0 saturated carbocycles. The molecule has 0 spiro atoms. The van der Waals surface area contributed by atoms with Crippen molar-refractivity contribution in [2.75, 3.05) is 19.7 Å².